The molecule has 3 amide bonds. The van der Waals surface area contributed by atoms with Crippen molar-refractivity contribution in [3.8, 4) is 0 Å². The molecule has 7 nitrogen and oxygen atoms in total. The highest BCUT2D eigenvalue weighted by molar-refractivity contribution is 5.98. The Labute approximate surface area is 165 Å². The second-order valence-corrected chi connectivity index (χ2v) is 6.27. The summed E-state index contributed by atoms with van der Waals surface area (Å²) < 4.78 is 0. The topological polar surface area (TPSA) is 90.5 Å². The minimum Gasteiger partial charge on any atom is -0.372 e. The lowest BCUT2D eigenvalue weighted by Gasteiger charge is -2.21. The Kier molecular flexibility index (Phi) is 7.56. The maximum atomic E-state index is 12.1. The number of hydrogen-bond donors (Lipinski definition) is 3. The van der Waals surface area contributed by atoms with E-state index in [1.165, 1.54) is 0 Å². The summed E-state index contributed by atoms with van der Waals surface area (Å²) >= 11 is 0. The van der Waals surface area contributed by atoms with Crippen molar-refractivity contribution in [2.45, 2.75) is 20.8 Å². The largest absolute Gasteiger partial charge is 0.372 e. The molecule has 148 valence electrons. The first-order valence-corrected chi connectivity index (χ1v) is 9.23. The third-order valence-corrected chi connectivity index (χ3v) is 4.26. The van der Waals surface area contributed by atoms with E-state index in [-0.39, 0.29) is 12.5 Å². The maximum Gasteiger partial charge on any atom is 0.269 e. The van der Waals surface area contributed by atoms with Gasteiger partial charge in [-0.2, -0.15) is 0 Å². The summed E-state index contributed by atoms with van der Waals surface area (Å²) in [5, 5.41) is 2.51. The van der Waals surface area contributed by atoms with E-state index < -0.39 is 11.8 Å². The van der Waals surface area contributed by atoms with Crippen LogP contribution in [0.5, 0.6) is 0 Å². The van der Waals surface area contributed by atoms with Crippen molar-refractivity contribution < 1.29 is 14.4 Å². The highest BCUT2D eigenvalue weighted by Crippen LogP contribution is 2.14. The van der Waals surface area contributed by atoms with Gasteiger partial charge in [-0.3, -0.25) is 25.2 Å². The van der Waals surface area contributed by atoms with Crippen LogP contribution in [0.3, 0.4) is 0 Å². The molecule has 0 saturated heterocycles. The van der Waals surface area contributed by atoms with Crippen molar-refractivity contribution in [2.24, 2.45) is 0 Å². The van der Waals surface area contributed by atoms with Gasteiger partial charge in [0.25, 0.3) is 17.7 Å². The van der Waals surface area contributed by atoms with E-state index in [1.54, 1.807) is 30.3 Å². The Morgan fingerprint density at radius 1 is 0.857 bits per heavy atom. The van der Waals surface area contributed by atoms with Crippen molar-refractivity contribution in [3.05, 3.63) is 65.2 Å². The third kappa shape index (κ3) is 5.84. The normalized spacial score (nSPS) is 10.1. The quantitative estimate of drug-likeness (QED) is 0.639. The molecule has 0 aliphatic carbocycles. The molecule has 0 saturated carbocycles. The van der Waals surface area contributed by atoms with E-state index in [9.17, 15) is 14.4 Å². The average molecular weight is 382 g/mol. The zero-order valence-corrected chi connectivity index (χ0v) is 16.4. The van der Waals surface area contributed by atoms with Gasteiger partial charge < -0.3 is 10.2 Å². The van der Waals surface area contributed by atoms with Crippen LogP contribution in [0.4, 0.5) is 5.69 Å². The molecule has 2 aromatic carbocycles. The van der Waals surface area contributed by atoms with Gasteiger partial charge in [-0.15, -0.1) is 0 Å². The first kappa shape index (κ1) is 21.0. The lowest BCUT2D eigenvalue weighted by molar-refractivity contribution is -0.120. The Hall–Kier alpha value is -3.35. The van der Waals surface area contributed by atoms with Crippen molar-refractivity contribution in [1.82, 2.24) is 16.2 Å². The molecule has 2 rings (SSSR count). The van der Waals surface area contributed by atoms with Gasteiger partial charge in [-0.1, -0.05) is 17.7 Å². The van der Waals surface area contributed by atoms with Crippen LogP contribution in [0, 0.1) is 6.92 Å². The molecule has 3 N–H and O–H groups in total. The molecule has 7 heteroatoms. The van der Waals surface area contributed by atoms with Gasteiger partial charge in [0, 0.05) is 29.9 Å². The maximum absolute atomic E-state index is 12.1. The fourth-order valence-electron chi connectivity index (χ4n) is 2.70. The number of hydrogen-bond acceptors (Lipinski definition) is 4. The minimum absolute atomic E-state index is 0.242. The second kappa shape index (κ2) is 10.1. The Balaban J connectivity index is 1.80. The van der Waals surface area contributed by atoms with Crippen molar-refractivity contribution in [3.63, 3.8) is 0 Å². The lowest BCUT2D eigenvalue weighted by atomic mass is 10.1. The molecular formula is C21H26N4O3. The Morgan fingerprint density at radius 3 is 2.14 bits per heavy atom. The number of benzene rings is 2. The number of anilines is 1. The first-order chi connectivity index (χ1) is 13.4. The van der Waals surface area contributed by atoms with Crippen molar-refractivity contribution in [2.75, 3.05) is 24.5 Å². The summed E-state index contributed by atoms with van der Waals surface area (Å²) in [4.78, 5) is 38.2. The molecule has 28 heavy (non-hydrogen) atoms. The number of nitrogens with one attached hydrogen (secondary N) is 3. The zero-order chi connectivity index (χ0) is 20.5. The van der Waals surface area contributed by atoms with E-state index in [2.05, 4.69) is 34.9 Å². The van der Waals surface area contributed by atoms with Crippen molar-refractivity contribution >= 4 is 23.4 Å². The molecule has 0 spiro atoms. The summed E-state index contributed by atoms with van der Waals surface area (Å²) in [5.41, 5.74) is 7.53. The highest BCUT2D eigenvalue weighted by Gasteiger charge is 2.11. The van der Waals surface area contributed by atoms with Crippen LogP contribution in [-0.4, -0.2) is 37.4 Å². The number of rotatable bonds is 7. The molecule has 0 unspecified atom stereocenters. The van der Waals surface area contributed by atoms with Gasteiger partial charge in [-0.25, -0.2) is 0 Å². The van der Waals surface area contributed by atoms with Gasteiger partial charge in [0.15, 0.2) is 0 Å². The standard InChI is InChI=1S/C21H26N4O3/c1-4-25(5-2)18-11-9-16(10-12-18)21(28)24-23-19(26)14-22-20(27)17-8-6-7-15(3)13-17/h6-13H,4-5,14H2,1-3H3,(H,22,27)(H,23,26)(H,24,28). The number of carbonyl (C=O) groups is 3. The number of hydrazine groups is 1. The van der Waals surface area contributed by atoms with Crippen LogP contribution in [0.25, 0.3) is 0 Å². The molecule has 0 aromatic heterocycles. The van der Waals surface area contributed by atoms with Crippen LogP contribution in [0.2, 0.25) is 0 Å². The summed E-state index contributed by atoms with van der Waals surface area (Å²) in [6, 6.07) is 14.2. The number of aryl methyl sites for hydroxylation is 1. The Bertz CT molecular complexity index is 830. The molecular weight excluding hydrogens is 356 g/mol. The fourth-order valence-corrected chi connectivity index (χ4v) is 2.70. The molecule has 0 bridgehead atoms. The van der Waals surface area contributed by atoms with Gasteiger partial charge in [0.2, 0.25) is 0 Å². The molecule has 0 fully saturated rings. The molecule has 0 radical (unpaired) electrons. The van der Waals surface area contributed by atoms with Crippen LogP contribution in [-0.2, 0) is 4.79 Å². The average Bonchev–Trinajstić information content (AvgIpc) is 2.71. The van der Waals surface area contributed by atoms with Gasteiger partial charge in [0.05, 0.1) is 6.54 Å². The molecule has 0 heterocycles. The van der Waals surface area contributed by atoms with Crippen LogP contribution >= 0.6 is 0 Å². The van der Waals surface area contributed by atoms with Gasteiger partial charge in [-0.05, 0) is 57.2 Å². The molecule has 0 aliphatic rings. The molecule has 0 atom stereocenters. The predicted octanol–water partition coefficient (Wildman–Crippen LogP) is 2.03. The van der Waals surface area contributed by atoms with Crippen LogP contribution in [0.15, 0.2) is 48.5 Å². The van der Waals surface area contributed by atoms with Crippen molar-refractivity contribution in [1.29, 1.82) is 0 Å². The predicted molar refractivity (Wildman–Crippen MR) is 109 cm³/mol. The smallest absolute Gasteiger partial charge is 0.269 e. The fraction of sp³-hybridized carbons (Fsp3) is 0.286. The van der Waals surface area contributed by atoms with Gasteiger partial charge >= 0.3 is 0 Å². The van der Waals surface area contributed by atoms with Crippen LogP contribution < -0.4 is 21.1 Å². The van der Waals surface area contributed by atoms with E-state index in [1.807, 2.05) is 25.1 Å². The number of amides is 3. The summed E-state index contributed by atoms with van der Waals surface area (Å²) in [6.45, 7) is 7.54. The summed E-state index contributed by atoms with van der Waals surface area (Å²) in [7, 11) is 0. The first-order valence-electron chi connectivity index (χ1n) is 9.23. The molecule has 0 aliphatic heterocycles. The molecule has 2 aromatic rings. The van der Waals surface area contributed by atoms with E-state index in [4.69, 9.17) is 0 Å². The van der Waals surface area contributed by atoms with E-state index >= 15 is 0 Å². The highest BCUT2D eigenvalue weighted by atomic mass is 16.2. The Morgan fingerprint density at radius 2 is 1.54 bits per heavy atom. The number of nitrogens with zero attached hydrogens (tertiary/aromatic N) is 1. The summed E-state index contributed by atoms with van der Waals surface area (Å²) in [5.74, 6) is -1.30. The lowest BCUT2D eigenvalue weighted by Crippen LogP contribution is -2.46. The summed E-state index contributed by atoms with van der Waals surface area (Å²) in [6.07, 6.45) is 0. The van der Waals surface area contributed by atoms with Crippen LogP contribution in [0.1, 0.15) is 40.1 Å². The SMILES string of the molecule is CCN(CC)c1ccc(C(=O)NNC(=O)CNC(=O)c2cccc(C)c2)cc1. The zero-order valence-electron chi connectivity index (χ0n) is 16.4. The number of carbonyl (C=O) groups excluding carboxylic acids is 3. The van der Waals surface area contributed by atoms with Gasteiger partial charge in [0.1, 0.15) is 0 Å². The second-order valence-electron chi connectivity index (χ2n) is 6.27. The minimum atomic E-state index is -0.519. The van der Waals surface area contributed by atoms with E-state index in [0.717, 1.165) is 24.3 Å². The third-order valence-electron chi connectivity index (χ3n) is 4.26. The monoisotopic (exact) mass is 382 g/mol. The van der Waals surface area contributed by atoms with E-state index in [0.29, 0.717) is 11.1 Å².